The van der Waals surface area contributed by atoms with Crippen molar-refractivity contribution >= 4 is 34.2 Å². The standard InChI is InChI=1S/C24H18ClNO5/c25-18-12-21-22(29-11-10-28-21)13-19(18)26-24(27)23-17(14-30-15-6-2-1-3-7-15)16-8-4-5-9-20(16)31-23/h1-9,12-13H,10-11,14H2,(H,26,27). The second kappa shape index (κ2) is 8.24. The topological polar surface area (TPSA) is 69.9 Å². The summed E-state index contributed by atoms with van der Waals surface area (Å²) in [5.74, 6) is 1.52. The van der Waals surface area contributed by atoms with E-state index in [1.807, 2.05) is 54.6 Å². The van der Waals surface area contributed by atoms with Gasteiger partial charge in [0, 0.05) is 23.1 Å². The molecule has 5 rings (SSSR count). The fraction of sp³-hybridized carbons (Fsp3) is 0.125. The van der Waals surface area contributed by atoms with Crippen molar-refractivity contribution in [2.75, 3.05) is 18.5 Å². The van der Waals surface area contributed by atoms with E-state index in [9.17, 15) is 4.79 Å². The number of carbonyl (C=O) groups excluding carboxylic acids is 1. The second-order valence-corrected chi connectivity index (χ2v) is 7.34. The van der Waals surface area contributed by atoms with Gasteiger partial charge in [-0.05, 0) is 18.2 Å². The van der Waals surface area contributed by atoms with Gasteiger partial charge < -0.3 is 23.9 Å². The van der Waals surface area contributed by atoms with E-state index < -0.39 is 5.91 Å². The predicted octanol–water partition coefficient (Wildman–Crippen LogP) is 5.69. The highest BCUT2D eigenvalue weighted by molar-refractivity contribution is 6.34. The first-order chi connectivity index (χ1) is 15.2. The van der Waals surface area contributed by atoms with E-state index >= 15 is 0 Å². The number of para-hydroxylation sites is 2. The van der Waals surface area contributed by atoms with E-state index in [1.54, 1.807) is 12.1 Å². The number of anilines is 1. The molecule has 1 amide bonds. The van der Waals surface area contributed by atoms with Gasteiger partial charge >= 0.3 is 0 Å². The molecule has 0 aliphatic carbocycles. The van der Waals surface area contributed by atoms with Crippen LogP contribution in [0, 0.1) is 0 Å². The largest absolute Gasteiger partial charge is 0.489 e. The van der Waals surface area contributed by atoms with Crippen LogP contribution < -0.4 is 19.5 Å². The molecular formula is C24H18ClNO5. The van der Waals surface area contributed by atoms with Crippen LogP contribution in [-0.4, -0.2) is 19.1 Å². The lowest BCUT2D eigenvalue weighted by atomic mass is 10.1. The van der Waals surface area contributed by atoms with Crippen LogP contribution in [0.3, 0.4) is 0 Å². The minimum absolute atomic E-state index is 0.170. The van der Waals surface area contributed by atoms with Gasteiger partial charge in [0.1, 0.15) is 31.2 Å². The highest BCUT2D eigenvalue weighted by Gasteiger charge is 2.23. The first-order valence-electron chi connectivity index (χ1n) is 9.78. The monoisotopic (exact) mass is 435 g/mol. The van der Waals surface area contributed by atoms with Gasteiger partial charge in [-0.3, -0.25) is 4.79 Å². The number of ether oxygens (including phenoxy) is 3. The van der Waals surface area contributed by atoms with Crippen LogP contribution in [0.25, 0.3) is 11.0 Å². The Morgan fingerprint density at radius 3 is 2.48 bits per heavy atom. The first-order valence-corrected chi connectivity index (χ1v) is 10.2. The minimum atomic E-state index is -0.429. The second-order valence-electron chi connectivity index (χ2n) is 6.94. The summed E-state index contributed by atoms with van der Waals surface area (Å²) < 4.78 is 22.9. The number of halogens is 1. The third-order valence-electron chi connectivity index (χ3n) is 4.91. The van der Waals surface area contributed by atoms with Crippen LogP contribution >= 0.6 is 11.6 Å². The average molecular weight is 436 g/mol. The molecule has 0 bridgehead atoms. The molecular weight excluding hydrogens is 418 g/mol. The van der Waals surface area contributed by atoms with Gasteiger partial charge in [0.25, 0.3) is 5.91 Å². The van der Waals surface area contributed by atoms with Crippen molar-refractivity contribution in [1.29, 1.82) is 0 Å². The molecule has 0 atom stereocenters. The summed E-state index contributed by atoms with van der Waals surface area (Å²) in [7, 11) is 0. The quantitative estimate of drug-likeness (QED) is 0.436. The molecule has 0 spiro atoms. The lowest BCUT2D eigenvalue weighted by Gasteiger charge is -2.19. The number of fused-ring (bicyclic) bond motifs is 2. The molecule has 7 heteroatoms. The predicted molar refractivity (Wildman–Crippen MR) is 117 cm³/mol. The molecule has 0 saturated carbocycles. The zero-order valence-corrected chi connectivity index (χ0v) is 17.1. The summed E-state index contributed by atoms with van der Waals surface area (Å²) in [5, 5.41) is 3.98. The molecule has 2 heterocycles. The Hall–Kier alpha value is -3.64. The molecule has 31 heavy (non-hydrogen) atoms. The van der Waals surface area contributed by atoms with Crippen LogP contribution in [0.4, 0.5) is 5.69 Å². The van der Waals surface area contributed by atoms with Crippen molar-refractivity contribution in [3.05, 3.63) is 83.1 Å². The molecule has 156 valence electrons. The number of benzene rings is 3. The van der Waals surface area contributed by atoms with Gasteiger partial charge in [-0.25, -0.2) is 0 Å². The summed E-state index contributed by atoms with van der Waals surface area (Å²) in [6.45, 7) is 1.07. The van der Waals surface area contributed by atoms with Gasteiger partial charge in [0.2, 0.25) is 0 Å². The molecule has 6 nitrogen and oxygen atoms in total. The number of amides is 1. The van der Waals surface area contributed by atoms with Gasteiger partial charge in [-0.2, -0.15) is 0 Å². The number of hydrogen-bond acceptors (Lipinski definition) is 5. The molecule has 0 unspecified atom stereocenters. The summed E-state index contributed by atoms with van der Waals surface area (Å²) >= 11 is 6.35. The van der Waals surface area contributed by atoms with E-state index in [2.05, 4.69) is 5.32 Å². The van der Waals surface area contributed by atoms with Gasteiger partial charge in [0.15, 0.2) is 17.3 Å². The number of hydrogen-bond donors (Lipinski definition) is 1. The summed E-state index contributed by atoms with van der Waals surface area (Å²) in [6, 6.07) is 20.1. The van der Waals surface area contributed by atoms with E-state index in [1.165, 1.54) is 0 Å². The maximum absolute atomic E-state index is 13.1. The van der Waals surface area contributed by atoms with Crippen molar-refractivity contribution in [2.45, 2.75) is 6.61 Å². The van der Waals surface area contributed by atoms with E-state index in [0.717, 1.165) is 5.39 Å². The van der Waals surface area contributed by atoms with Gasteiger partial charge in [-0.1, -0.05) is 48.0 Å². The highest BCUT2D eigenvalue weighted by Crippen LogP contribution is 2.38. The lowest BCUT2D eigenvalue weighted by molar-refractivity contribution is 0.0995. The Labute approximate surface area is 183 Å². The zero-order valence-electron chi connectivity index (χ0n) is 16.4. The number of carbonyl (C=O) groups is 1. The van der Waals surface area contributed by atoms with E-state index in [4.69, 9.17) is 30.2 Å². The zero-order chi connectivity index (χ0) is 21.2. The molecule has 1 aliphatic rings. The van der Waals surface area contributed by atoms with Crippen molar-refractivity contribution in [1.82, 2.24) is 0 Å². The van der Waals surface area contributed by atoms with Gasteiger partial charge in [-0.15, -0.1) is 0 Å². The van der Waals surface area contributed by atoms with E-state index in [0.29, 0.717) is 52.3 Å². The van der Waals surface area contributed by atoms with Crippen molar-refractivity contribution in [3.63, 3.8) is 0 Å². The number of furan rings is 1. The summed E-state index contributed by atoms with van der Waals surface area (Å²) in [5.41, 5.74) is 1.67. The lowest BCUT2D eigenvalue weighted by Crippen LogP contribution is -2.17. The number of nitrogens with one attached hydrogen (secondary N) is 1. The first kappa shape index (κ1) is 19.3. The SMILES string of the molecule is O=C(Nc1cc2c(cc1Cl)OCCO2)c1oc2ccccc2c1COc1ccccc1. The Bertz CT molecular complexity index is 1250. The maximum Gasteiger partial charge on any atom is 0.291 e. The molecule has 0 radical (unpaired) electrons. The van der Waals surface area contributed by atoms with Crippen LogP contribution in [0.2, 0.25) is 5.02 Å². The fourth-order valence-corrected chi connectivity index (χ4v) is 3.64. The molecule has 4 aromatic rings. The Kier molecular flexibility index (Phi) is 5.14. The summed E-state index contributed by atoms with van der Waals surface area (Å²) in [6.07, 6.45) is 0. The molecule has 0 fully saturated rings. The molecule has 1 aromatic heterocycles. The van der Waals surface area contributed by atoms with Gasteiger partial charge in [0.05, 0.1) is 10.7 Å². The third-order valence-corrected chi connectivity index (χ3v) is 5.22. The van der Waals surface area contributed by atoms with E-state index in [-0.39, 0.29) is 12.4 Å². The fourth-order valence-electron chi connectivity index (χ4n) is 3.44. The molecule has 1 aliphatic heterocycles. The molecule has 0 saturated heterocycles. The number of rotatable bonds is 5. The Balaban J connectivity index is 1.46. The van der Waals surface area contributed by atoms with Crippen LogP contribution in [0.1, 0.15) is 16.1 Å². The van der Waals surface area contributed by atoms with Crippen LogP contribution in [-0.2, 0) is 6.61 Å². The van der Waals surface area contributed by atoms with Crippen molar-refractivity contribution in [3.8, 4) is 17.2 Å². The van der Waals surface area contributed by atoms with Crippen LogP contribution in [0.15, 0.2) is 71.1 Å². The Morgan fingerprint density at radius 2 is 1.68 bits per heavy atom. The highest BCUT2D eigenvalue weighted by atomic mass is 35.5. The van der Waals surface area contributed by atoms with Crippen LogP contribution in [0.5, 0.6) is 17.2 Å². The third kappa shape index (κ3) is 3.90. The molecule has 1 N–H and O–H groups in total. The van der Waals surface area contributed by atoms with Crippen molar-refractivity contribution in [2.24, 2.45) is 0 Å². The Morgan fingerprint density at radius 1 is 0.968 bits per heavy atom. The van der Waals surface area contributed by atoms with Crippen molar-refractivity contribution < 1.29 is 23.4 Å². The smallest absolute Gasteiger partial charge is 0.291 e. The molecule has 3 aromatic carbocycles. The summed E-state index contributed by atoms with van der Waals surface area (Å²) in [4.78, 5) is 13.1. The normalized spacial score (nSPS) is 12.5. The minimum Gasteiger partial charge on any atom is -0.489 e. The average Bonchev–Trinajstić information content (AvgIpc) is 3.17. The maximum atomic E-state index is 13.1.